The summed E-state index contributed by atoms with van der Waals surface area (Å²) in [6.45, 7) is 0. The monoisotopic (exact) mass is 279 g/mol. The number of anilines is 1. The van der Waals surface area contributed by atoms with E-state index >= 15 is 0 Å². The molecule has 9 nitrogen and oxygen atoms in total. The molecule has 0 aliphatic rings. The number of hydrogen-bond acceptors (Lipinski definition) is 7. The molecule has 0 unspecified atom stereocenters. The molecule has 0 aliphatic heterocycles. The van der Waals surface area contributed by atoms with Gasteiger partial charge in [0.25, 0.3) is 0 Å². The van der Waals surface area contributed by atoms with E-state index < -0.39 is 0 Å². The molecule has 0 saturated carbocycles. The molecule has 1 aromatic carbocycles. The maximum absolute atomic E-state index is 9.08. The summed E-state index contributed by atoms with van der Waals surface area (Å²) in [5, 5.41) is 33.4. The van der Waals surface area contributed by atoms with Gasteiger partial charge in [-0.15, -0.1) is 10.2 Å². The number of aromatic amines is 1. The number of hydrogen-bond donors (Lipinski definition) is 2. The topological polar surface area (TPSA) is 121 Å². The van der Waals surface area contributed by atoms with Crippen molar-refractivity contribution in [3.63, 3.8) is 0 Å². The molecule has 2 heterocycles. The summed E-state index contributed by atoms with van der Waals surface area (Å²) in [5.41, 5.74) is 1.85. The summed E-state index contributed by atoms with van der Waals surface area (Å²) in [5.74, 6) is 0.231. The predicted molar refractivity (Wildman–Crippen MR) is 72.7 cm³/mol. The summed E-state index contributed by atoms with van der Waals surface area (Å²) in [7, 11) is 0. The van der Waals surface area contributed by atoms with E-state index in [4.69, 9.17) is 5.26 Å². The van der Waals surface area contributed by atoms with Gasteiger partial charge in [0.2, 0.25) is 5.82 Å². The SMILES string of the molecule is N#CC(=CNc1cccc(-n2nccn2)c1)c1nn[nH]n1. The van der Waals surface area contributed by atoms with Crippen LogP contribution >= 0.6 is 0 Å². The van der Waals surface area contributed by atoms with Gasteiger partial charge >= 0.3 is 0 Å². The number of aromatic nitrogens is 7. The number of nitrogens with zero attached hydrogens (tertiary/aromatic N) is 7. The van der Waals surface area contributed by atoms with Gasteiger partial charge in [0.1, 0.15) is 11.6 Å². The summed E-state index contributed by atoms with van der Waals surface area (Å²) in [6.07, 6.45) is 4.72. The summed E-state index contributed by atoms with van der Waals surface area (Å²) < 4.78 is 0. The minimum atomic E-state index is 0.231. The van der Waals surface area contributed by atoms with Crippen LogP contribution in [0.5, 0.6) is 0 Å². The second kappa shape index (κ2) is 5.62. The number of nitriles is 1. The van der Waals surface area contributed by atoms with Gasteiger partial charge in [0.15, 0.2) is 0 Å². The van der Waals surface area contributed by atoms with Crippen molar-refractivity contribution in [1.82, 2.24) is 35.6 Å². The van der Waals surface area contributed by atoms with Crippen LogP contribution in [0, 0.1) is 11.3 Å². The largest absolute Gasteiger partial charge is 0.360 e. The quantitative estimate of drug-likeness (QED) is 0.676. The molecule has 0 atom stereocenters. The van der Waals surface area contributed by atoms with Crippen LogP contribution in [-0.4, -0.2) is 35.6 Å². The Hall–Kier alpha value is -3.54. The second-order valence-electron chi connectivity index (χ2n) is 3.92. The lowest BCUT2D eigenvalue weighted by molar-refractivity contribution is 0.752. The molecule has 2 N–H and O–H groups in total. The Morgan fingerprint density at radius 3 is 2.90 bits per heavy atom. The Labute approximate surface area is 118 Å². The molecule has 0 spiro atoms. The molecular formula is C12H9N9. The molecule has 0 saturated heterocycles. The lowest BCUT2D eigenvalue weighted by Crippen LogP contribution is -1.99. The van der Waals surface area contributed by atoms with Crippen LogP contribution in [0.1, 0.15) is 5.82 Å². The van der Waals surface area contributed by atoms with Gasteiger partial charge in [0, 0.05) is 11.9 Å². The van der Waals surface area contributed by atoms with E-state index in [9.17, 15) is 0 Å². The smallest absolute Gasteiger partial charge is 0.216 e. The molecule has 102 valence electrons. The van der Waals surface area contributed by atoms with E-state index in [1.807, 2.05) is 30.3 Å². The predicted octanol–water partition coefficient (Wildman–Crippen LogP) is 0.757. The molecule has 3 aromatic rings. The Balaban J connectivity index is 1.82. The fourth-order valence-corrected chi connectivity index (χ4v) is 1.65. The lowest BCUT2D eigenvalue weighted by atomic mass is 10.2. The van der Waals surface area contributed by atoms with Crippen molar-refractivity contribution in [3.05, 3.63) is 48.7 Å². The molecule has 0 fully saturated rings. The number of benzene rings is 1. The van der Waals surface area contributed by atoms with Crippen LogP contribution < -0.4 is 5.32 Å². The van der Waals surface area contributed by atoms with Gasteiger partial charge in [-0.2, -0.15) is 25.5 Å². The van der Waals surface area contributed by atoms with Crippen molar-refractivity contribution in [2.24, 2.45) is 0 Å². The maximum atomic E-state index is 9.08. The van der Waals surface area contributed by atoms with Crippen molar-refractivity contribution in [2.75, 3.05) is 5.32 Å². The summed E-state index contributed by atoms with van der Waals surface area (Å²) in [6, 6.07) is 9.44. The fraction of sp³-hybridized carbons (Fsp3) is 0. The van der Waals surface area contributed by atoms with Gasteiger partial charge in [-0.05, 0) is 23.4 Å². The van der Waals surface area contributed by atoms with Crippen LogP contribution in [0.4, 0.5) is 5.69 Å². The highest BCUT2D eigenvalue weighted by atomic mass is 15.5. The number of rotatable bonds is 4. The Kier molecular flexibility index (Phi) is 3.34. The molecular weight excluding hydrogens is 270 g/mol. The van der Waals surface area contributed by atoms with Gasteiger partial charge in [-0.3, -0.25) is 0 Å². The van der Waals surface area contributed by atoms with E-state index in [-0.39, 0.29) is 11.4 Å². The molecule has 3 rings (SSSR count). The standard InChI is InChI=1S/C12H9N9/c13-7-9(12-17-19-20-18-12)8-14-10-2-1-3-11(6-10)21-15-4-5-16-21/h1-6,8,14H,(H,17,18,19,20). The fourth-order valence-electron chi connectivity index (χ4n) is 1.65. The van der Waals surface area contributed by atoms with E-state index in [0.717, 1.165) is 11.4 Å². The van der Waals surface area contributed by atoms with Gasteiger partial charge in [-0.25, -0.2) is 0 Å². The van der Waals surface area contributed by atoms with Gasteiger partial charge in [0.05, 0.1) is 18.1 Å². The van der Waals surface area contributed by atoms with Crippen molar-refractivity contribution in [2.45, 2.75) is 0 Å². The van der Waals surface area contributed by atoms with Crippen LogP contribution in [0.2, 0.25) is 0 Å². The average molecular weight is 279 g/mol. The Morgan fingerprint density at radius 1 is 1.33 bits per heavy atom. The van der Waals surface area contributed by atoms with Crippen molar-refractivity contribution >= 4 is 11.3 Å². The summed E-state index contributed by atoms with van der Waals surface area (Å²) in [4.78, 5) is 1.50. The third-order valence-electron chi connectivity index (χ3n) is 2.59. The third kappa shape index (κ3) is 2.74. The molecule has 0 aliphatic carbocycles. The average Bonchev–Trinajstić information content (AvgIpc) is 3.22. The van der Waals surface area contributed by atoms with Crippen LogP contribution in [0.3, 0.4) is 0 Å². The zero-order chi connectivity index (χ0) is 14.5. The van der Waals surface area contributed by atoms with E-state index in [1.165, 1.54) is 11.0 Å². The van der Waals surface area contributed by atoms with Gasteiger partial charge in [-0.1, -0.05) is 6.07 Å². The first kappa shape index (κ1) is 12.5. The molecule has 0 radical (unpaired) electrons. The minimum Gasteiger partial charge on any atom is -0.360 e. The van der Waals surface area contributed by atoms with Crippen molar-refractivity contribution in [3.8, 4) is 11.8 Å². The molecule has 0 amide bonds. The molecule has 9 heteroatoms. The van der Waals surface area contributed by atoms with E-state index in [1.54, 1.807) is 12.4 Å². The Bertz CT molecular complexity index is 781. The normalized spacial score (nSPS) is 11.1. The molecule has 0 bridgehead atoms. The number of allylic oxidation sites excluding steroid dienone is 1. The molecule has 21 heavy (non-hydrogen) atoms. The highest BCUT2D eigenvalue weighted by Crippen LogP contribution is 2.14. The number of tetrazole rings is 1. The zero-order valence-electron chi connectivity index (χ0n) is 10.7. The Morgan fingerprint density at radius 2 is 2.19 bits per heavy atom. The van der Waals surface area contributed by atoms with Crippen LogP contribution in [0.25, 0.3) is 11.3 Å². The molecule has 2 aromatic heterocycles. The minimum absolute atomic E-state index is 0.231. The highest BCUT2D eigenvalue weighted by Gasteiger charge is 2.05. The van der Waals surface area contributed by atoms with Crippen molar-refractivity contribution < 1.29 is 0 Å². The first-order chi connectivity index (χ1) is 10.4. The lowest BCUT2D eigenvalue weighted by Gasteiger charge is -2.04. The maximum Gasteiger partial charge on any atom is 0.216 e. The van der Waals surface area contributed by atoms with Gasteiger partial charge < -0.3 is 5.32 Å². The van der Waals surface area contributed by atoms with Crippen molar-refractivity contribution in [1.29, 1.82) is 5.26 Å². The number of H-pyrrole nitrogens is 1. The highest BCUT2D eigenvalue weighted by molar-refractivity contribution is 5.74. The summed E-state index contributed by atoms with van der Waals surface area (Å²) >= 11 is 0. The third-order valence-corrected chi connectivity index (χ3v) is 2.59. The first-order valence-electron chi connectivity index (χ1n) is 5.94. The van der Waals surface area contributed by atoms with Crippen LogP contribution in [-0.2, 0) is 0 Å². The van der Waals surface area contributed by atoms with E-state index in [2.05, 4.69) is 36.1 Å². The first-order valence-corrected chi connectivity index (χ1v) is 5.94. The zero-order valence-corrected chi connectivity index (χ0v) is 10.7. The number of nitrogens with one attached hydrogen (secondary N) is 2. The second-order valence-corrected chi connectivity index (χ2v) is 3.92. The van der Waals surface area contributed by atoms with E-state index in [0.29, 0.717) is 0 Å². The van der Waals surface area contributed by atoms with Crippen LogP contribution in [0.15, 0.2) is 42.9 Å².